The quantitative estimate of drug-likeness (QED) is 0.540. The molecule has 0 aliphatic heterocycles. The Hall–Kier alpha value is -1.56. The zero-order chi connectivity index (χ0) is 18.5. The molecule has 0 bridgehead atoms. The Morgan fingerprint density at radius 3 is 2.20 bits per heavy atom. The predicted molar refractivity (Wildman–Crippen MR) is 104 cm³/mol. The lowest BCUT2D eigenvalue weighted by molar-refractivity contribution is 0.303. The molecule has 2 aromatic rings. The van der Waals surface area contributed by atoms with Crippen LogP contribution in [-0.4, -0.2) is 14.3 Å². The van der Waals surface area contributed by atoms with Gasteiger partial charge >= 0.3 is 0 Å². The van der Waals surface area contributed by atoms with E-state index >= 15 is 0 Å². The number of nitrogens with two attached hydrogens (primary N) is 1. The Kier molecular flexibility index (Phi) is 10.2. The minimum atomic E-state index is -3.56. The number of benzene rings is 2. The van der Waals surface area contributed by atoms with E-state index in [0.717, 1.165) is 11.4 Å². The zero-order valence-electron chi connectivity index (χ0n) is 14.5. The van der Waals surface area contributed by atoms with Crippen molar-refractivity contribution in [1.29, 1.82) is 0 Å². The second kappa shape index (κ2) is 11.9. The number of primary sulfonamides is 1. The average Bonchev–Trinajstić information content (AvgIpc) is 2.59. The predicted octanol–water partition coefficient (Wildman–Crippen LogP) is 4.47. The molecular weight excluding hydrogens is 358 g/mol. The molecule has 0 amide bonds. The number of rotatable bonds is 8. The van der Waals surface area contributed by atoms with E-state index in [9.17, 15) is 8.42 Å². The summed E-state index contributed by atoms with van der Waals surface area (Å²) >= 11 is 5.38. The van der Waals surface area contributed by atoms with Crippen LogP contribution in [0, 0.1) is 0 Å². The van der Waals surface area contributed by atoms with Gasteiger partial charge in [0.15, 0.2) is 0 Å². The van der Waals surface area contributed by atoms with Gasteiger partial charge in [-0.3, -0.25) is 0 Å². The van der Waals surface area contributed by atoms with Crippen LogP contribution < -0.4 is 9.88 Å². The Balaban J connectivity index is 0.000000450. The first-order valence-electron chi connectivity index (χ1n) is 8.27. The summed E-state index contributed by atoms with van der Waals surface area (Å²) in [4.78, 5) is 0. The maximum atomic E-state index is 11.1. The lowest BCUT2D eigenvalue weighted by atomic mass is 10.2. The van der Waals surface area contributed by atoms with Gasteiger partial charge in [-0.2, -0.15) is 0 Å². The standard InChI is InChI=1S/C14H15NO3S.C5H11Cl/c15-19(16,17)11-13-8-4-5-9-14(13)18-10-12-6-2-1-3-7-12;1-2-3-4-5-6/h1-9H,10-11H2,(H2,15,16,17);2-5H2,1H3. The molecule has 0 saturated carbocycles. The third-order valence-electron chi connectivity index (χ3n) is 3.30. The second-order valence-corrected chi connectivity index (χ2v) is 7.58. The molecule has 0 unspecified atom stereocenters. The number of sulfonamides is 1. The molecule has 0 aromatic heterocycles. The van der Waals surface area contributed by atoms with Gasteiger partial charge in [0.2, 0.25) is 10.0 Å². The van der Waals surface area contributed by atoms with Crippen molar-refractivity contribution in [2.24, 2.45) is 5.14 Å². The molecule has 6 heteroatoms. The lowest BCUT2D eigenvalue weighted by Crippen LogP contribution is -2.15. The number of para-hydroxylation sites is 1. The van der Waals surface area contributed by atoms with Crippen molar-refractivity contribution in [2.45, 2.75) is 38.5 Å². The fourth-order valence-electron chi connectivity index (χ4n) is 2.06. The van der Waals surface area contributed by atoms with Gasteiger partial charge in [0.25, 0.3) is 0 Å². The monoisotopic (exact) mass is 383 g/mol. The number of ether oxygens (including phenoxy) is 1. The minimum absolute atomic E-state index is 0.224. The van der Waals surface area contributed by atoms with E-state index in [1.807, 2.05) is 30.3 Å². The topological polar surface area (TPSA) is 69.4 Å². The molecule has 2 rings (SSSR count). The third-order valence-corrected chi connectivity index (χ3v) is 4.28. The number of hydrogen-bond donors (Lipinski definition) is 1. The van der Waals surface area contributed by atoms with E-state index in [-0.39, 0.29) is 5.75 Å². The van der Waals surface area contributed by atoms with Crippen LogP contribution in [0.2, 0.25) is 0 Å². The molecule has 0 radical (unpaired) electrons. The first kappa shape index (κ1) is 21.5. The molecule has 4 nitrogen and oxygen atoms in total. The molecule has 2 aromatic carbocycles. The molecule has 0 heterocycles. The highest BCUT2D eigenvalue weighted by Crippen LogP contribution is 2.20. The van der Waals surface area contributed by atoms with Gasteiger partial charge in [-0.05, 0) is 18.1 Å². The number of hydrogen-bond acceptors (Lipinski definition) is 3. The summed E-state index contributed by atoms with van der Waals surface area (Å²) in [5.41, 5.74) is 1.59. The first-order chi connectivity index (χ1) is 12.0. The molecule has 0 atom stereocenters. The molecular formula is C19H26ClNO3S. The highest BCUT2D eigenvalue weighted by molar-refractivity contribution is 7.88. The van der Waals surface area contributed by atoms with Crippen LogP contribution in [0.3, 0.4) is 0 Å². The van der Waals surface area contributed by atoms with Crippen molar-refractivity contribution in [2.75, 3.05) is 5.88 Å². The zero-order valence-corrected chi connectivity index (χ0v) is 16.1. The van der Waals surface area contributed by atoms with Crippen LogP contribution in [0.15, 0.2) is 54.6 Å². The van der Waals surface area contributed by atoms with E-state index in [1.165, 1.54) is 19.3 Å². The summed E-state index contributed by atoms with van der Waals surface area (Å²) in [6, 6.07) is 16.7. The fourth-order valence-corrected chi connectivity index (χ4v) is 2.92. The summed E-state index contributed by atoms with van der Waals surface area (Å²) < 4.78 is 27.9. The Bertz CT molecular complexity index is 702. The molecule has 0 saturated heterocycles. The first-order valence-corrected chi connectivity index (χ1v) is 10.5. The molecule has 2 N–H and O–H groups in total. The molecule has 0 aliphatic carbocycles. The normalized spacial score (nSPS) is 10.7. The van der Waals surface area contributed by atoms with Gasteiger partial charge < -0.3 is 4.74 Å². The summed E-state index contributed by atoms with van der Waals surface area (Å²) in [6.07, 6.45) is 3.73. The Morgan fingerprint density at radius 2 is 1.64 bits per heavy atom. The van der Waals surface area contributed by atoms with Crippen LogP contribution in [-0.2, 0) is 22.4 Å². The molecule has 25 heavy (non-hydrogen) atoms. The second-order valence-electron chi connectivity index (χ2n) is 5.59. The van der Waals surface area contributed by atoms with Gasteiger partial charge in [0.1, 0.15) is 12.4 Å². The van der Waals surface area contributed by atoms with Crippen molar-refractivity contribution in [3.63, 3.8) is 0 Å². The summed E-state index contributed by atoms with van der Waals surface area (Å²) in [7, 11) is -3.56. The SMILES string of the molecule is CCCCCCl.NS(=O)(=O)Cc1ccccc1OCc1ccccc1. The maximum absolute atomic E-state index is 11.1. The summed E-state index contributed by atoms with van der Waals surface area (Å²) in [5, 5.41) is 5.06. The Labute approximate surface area is 156 Å². The largest absolute Gasteiger partial charge is 0.489 e. The van der Waals surface area contributed by atoms with Crippen LogP contribution in [0.4, 0.5) is 0 Å². The van der Waals surface area contributed by atoms with Crippen molar-refractivity contribution >= 4 is 21.6 Å². The Morgan fingerprint density at radius 1 is 1.00 bits per heavy atom. The minimum Gasteiger partial charge on any atom is -0.489 e. The van der Waals surface area contributed by atoms with Crippen molar-refractivity contribution < 1.29 is 13.2 Å². The molecule has 0 fully saturated rings. The van der Waals surface area contributed by atoms with Gasteiger partial charge in [0.05, 0.1) is 5.75 Å². The van der Waals surface area contributed by atoms with Gasteiger partial charge in [0, 0.05) is 11.4 Å². The van der Waals surface area contributed by atoms with Crippen molar-refractivity contribution in [1.82, 2.24) is 0 Å². The van der Waals surface area contributed by atoms with E-state index in [4.69, 9.17) is 21.5 Å². The van der Waals surface area contributed by atoms with Crippen LogP contribution in [0.25, 0.3) is 0 Å². The summed E-state index contributed by atoms with van der Waals surface area (Å²) in [5.74, 6) is 1.14. The third kappa shape index (κ3) is 10.1. The van der Waals surface area contributed by atoms with Crippen LogP contribution in [0.5, 0.6) is 5.75 Å². The van der Waals surface area contributed by atoms with Gasteiger partial charge in [-0.15, -0.1) is 11.6 Å². The smallest absolute Gasteiger partial charge is 0.213 e. The highest BCUT2D eigenvalue weighted by atomic mass is 35.5. The van der Waals surface area contributed by atoms with E-state index in [1.54, 1.807) is 24.3 Å². The highest BCUT2D eigenvalue weighted by Gasteiger charge is 2.10. The lowest BCUT2D eigenvalue weighted by Gasteiger charge is -2.10. The number of unbranched alkanes of at least 4 members (excludes halogenated alkanes) is 2. The van der Waals surface area contributed by atoms with E-state index < -0.39 is 10.0 Å². The van der Waals surface area contributed by atoms with Crippen LogP contribution in [0.1, 0.15) is 37.3 Å². The van der Waals surface area contributed by atoms with Crippen LogP contribution >= 0.6 is 11.6 Å². The van der Waals surface area contributed by atoms with E-state index in [2.05, 4.69) is 6.92 Å². The average molecular weight is 384 g/mol. The fraction of sp³-hybridized carbons (Fsp3) is 0.368. The van der Waals surface area contributed by atoms with Gasteiger partial charge in [-0.1, -0.05) is 68.3 Å². The number of alkyl halides is 1. The maximum Gasteiger partial charge on any atom is 0.213 e. The molecule has 0 aliphatic rings. The van der Waals surface area contributed by atoms with Crippen molar-refractivity contribution in [3.8, 4) is 5.75 Å². The van der Waals surface area contributed by atoms with Crippen molar-refractivity contribution in [3.05, 3.63) is 65.7 Å². The number of halogens is 1. The molecule has 138 valence electrons. The summed E-state index contributed by atoms with van der Waals surface area (Å²) in [6.45, 7) is 2.56. The van der Waals surface area contributed by atoms with E-state index in [0.29, 0.717) is 17.9 Å². The van der Waals surface area contributed by atoms with Gasteiger partial charge in [-0.25, -0.2) is 13.6 Å². The molecule has 0 spiro atoms.